The van der Waals surface area contributed by atoms with E-state index in [4.69, 9.17) is 5.84 Å². The molecule has 0 aromatic carbocycles. The first-order chi connectivity index (χ1) is 3.93. The Kier molecular flexibility index (Phi) is 3.90. The zero-order chi connectivity index (χ0) is 5.82. The van der Waals surface area contributed by atoms with E-state index in [0.717, 1.165) is 5.69 Å². The number of nitrogens with one attached hydrogen (secondary N) is 1. The van der Waals surface area contributed by atoms with E-state index in [2.05, 4.69) is 15.6 Å². The summed E-state index contributed by atoms with van der Waals surface area (Å²) in [6.45, 7) is 0. The molecule has 1 rings (SSSR count). The van der Waals surface area contributed by atoms with Crippen LogP contribution < -0.4 is 11.3 Å². The van der Waals surface area contributed by atoms with Crippen LogP contribution in [0.3, 0.4) is 0 Å². The van der Waals surface area contributed by atoms with Gasteiger partial charge in [0.2, 0.25) is 0 Å². The first-order valence-corrected chi connectivity index (χ1v) is 2.17. The van der Waals surface area contributed by atoms with E-state index in [-0.39, 0.29) is 17.0 Å². The number of nitrogen functional groups attached to an aromatic ring is 1. The number of nitrogens with zero attached hydrogens (tertiary/aromatic N) is 2. The van der Waals surface area contributed by atoms with Crippen LogP contribution in [0.25, 0.3) is 0 Å². The smallest absolute Gasteiger partial charge is 0.0741 e. The van der Waals surface area contributed by atoms with Gasteiger partial charge in [0.05, 0.1) is 18.1 Å². The predicted octanol–water partition coefficient (Wildman–Crippen LogP) is 0.340. The zero-order valence-corrected chi connectivity index (χ0v) is 6.33. The highest BCUT2D eigenvalue weighted by Gasteiger charge is 1.80. The molecule has 0 radical (unpaired) electrons. The number of hydrogen-bond acceptors (Lipinski definition) is 4. The van der Waals surface area contributed by atoms with E-state index in [1.807, 2.05) is 0 Å². The number of hydrogen-bond donors (Lipinski definition) is 2. The summed E-state index contributed by atoms with van der Waals surface area (Å²) < 4.78 is 0. The molecular weight excluding hydrogens is 184 g/mol. The van der Waals surface area contributed by atoms with Gasteiger partial charge >= 0.3 is 0 Å². The van der Waals surface area contributed by atoms with Crippen molar-refractivity contribution >= 4 is 22.7 Å². The molecule has 0 unspecified atom stereocenters. The van der Waals surface area contributed by atoms with E-state index >= 15 is 0 Å². The molecule has 0 atom stereocenters. The molecule has 9 heavy (non-hydrogen) atoms. The van der Waals surface area contributed by atoms with Gasteiger partial charge in [0.1, 0.15) is 0 Å². The molecule has 0 aliphatic rings. The van der Waals surface area contributed by atoms with Gasteiger partial charge in [-0.25, -0.2) is 0 Å². The van der Waals surface area contributed by atoms with Crippen LogP contribution in [0.15, 0.2) is 18.5 Å². The van der Waals surface area contributed by atoms with Gasteiger partial charge in [-0.1, -0.05) is 0 Å². The van der Waals surface area contributed by atoms with Gasteiger partial charge in [0.15, 0.2) is 0 Å². The minimum Gasteiger partial charge on any atom is -0.323 e. The fourth-order valence-corrected chi connectivity index (χ4v) is 0.376. The Hall–Kier alpha value is -0.680. The molecule has 1 heterocycles. The minimum atomic E-state index is 0. The molecule has 0 saturated carbocycles. The zero-order valence-electron chi connectivity index (χ0n) is 4.61. The molecular formula is C4H7BrN4. The van der Waals surface area contributed by atoms with E-state index < -0.39 is 0 Å². The molecule has 0 fully saturated rings. The van der Waals surface area contributed by atoms with Crippen molar-refractivity contribution in [1.82, 2.24) is 10.2 Å². The Morgan fingerprint density at radius 1 is 1.44 bits per heavy atom. The minimum absolute atomic E-state index is 0. The van der Waals surface area contributed by atoms with Crippen molar-refractivity contribution in [2.45, 2.75) is 0 Å². The second-order valence-electron chi connectivity index (χ2n) is 1.28. The fourth-order valence-electron chi connectivity index (χ4n) is 0.376. The Morgan fingerprint density at radius 2 is 2.22 bits per heavy atom. The van der Waals surface area contributed by atoms with E-state index in [9.17, 15) is 0 Å². The summed E-state index contributed by atoms with van der Waals surface area (Å²) in [6.07, 6.45) is 3.11. The molecule has 0 bridgehead atoms. The highest BCUT2D eigenvalue weighted by Crippen LogP contribution is 1.95. The number of hydrazine groups is 1. The SMILES string of the molecule is Br.NNc1ccnnc1. The monoisotopic (exact) mass is 190 g/mol. The molecule has 1 aromatic rings. The van der Waals surface area contributed by atoms with Crippen LogP contribution in [0.1, 0.15) is 0 Å². The maximum atomic E-state index is 5.03. The maximum absolute atomic E-state index is 5.03. The summed E-state index contributed by atoms with van der Waals surface area (Å²) in [5.74, 6) is 5.03. The van der Waals surface area contributed by atoms with Crippen LogP contribution in [-0.4, -0.2) is 10.2 Å². The van der Waals surface area contributed by atoms with Crippen molar-refractivity contribution < 1.29 is 0 Å². The summed E-state index contributed by atoms with van der Waals surface area (Å²) in [6, 6.07) is 1.73. The Labute approximate surface area is 63.2 Å². The lowest BCUT2D eigenvalue weighted by atomic mass is 10.5. The topological polar surface area (TPSA) is 63.8 Å². The quantitative estimate of drug-likeness (QED) is 0.496. The van der Waals surface area contributed by atoms with E-state index in [1.54, 1.807) is 18.5 Å². The number of aromatic nitrogens is 2. The molecule has 4 nitrogen and oxygen atoms in total. The molecule has 0 amide bonds. The summed E-state index contributed by atoms with van der Waals surface area (Å²) in [4.78, 5) is 0. The number of nitrogens with two attached hydrogens (primary N) is 1. The first-order valence-electron chi connectivity index (χ1n) is 2.17. The standard InChI is InChI=1S/C4H6N4.BrH/c5-8-4-1-2-6-7-3-4;/h1-3H,5H2,(H,6,8);1H. The van der Waals surface area contributed by atoms with Crippen molar-refractivity contribution in [3.05, 3.63) is 18.5 Å². The van der Waals surface area contributed by atoms with Crippen LogP contribution in [0, 0.1) is 0 Å². The molecule has 0 aliphatic carbocycles. The van der Waals surface area contributed by atoms with Gasteiger partial charge < -0.3 is 5.43 Å². The number of rotatable bonds is 1. The second-order valence-corrected chi connectivity index (χ2v) is 1.28. The molecule has 5 heteroatoms. The largest absolute Gasteiger partial charge is 0.323 e. The van der Waals surface area contributed by atoms with Crippen LogP contribution >= 0.6 is 17.0 Å². The van der Waals surface area contributed by atoms with Gasteiger partial charge in [0, 0.05) is 0 Å². The third-order valence-electron chi connectivity index (χ3n) is 0.751. The Bertz CT molecular complexity index is 154. The number of halogens is 1. The van der Waals surface area contributed by atoms with Crippen molar-refractivity contribution in [1.29, 1.82) is 0 Å². The van der Waals surface area contributed by atoms with Crippen LogP contribution in [-0.2, 0) is 0 Å². The molecule has 0 spiro atoms. The first kappa shape index (κ1) is 8.32. The lowest BCUT2D eigenvalue weighted by Gasteiger charge is -1.92. The van der Waals surface area contributed by atoms with Crippen molar-refractivity contribution in [2.75, 3.05) is 5.43 Å². The normalized spacial score (nSPS) is 7.67. The predicted molar refractivity (Wildman–Crippen MR) is 40.2 cm³/mol. The average Bonchev–Trinajstić information content (AvgIpc) is 1.90. The Morgan fingerprint density at radius 3 is 2.56 bits per heavy atom. The molecule has 0 saturated heterocycles. The van der Waals surface area contributed by atoms with Crippen molar-refractivity contribution in [3.63, 3.8) is 0 Å². The van der Waals surface area contributed by atoms with Gasteiger partial charge in [-0.2, -0.15) is 10.2 Å². The maximum Gasteiger partial charge on any atom is 0.0741 e. The second kappa shape index (κ2) is 4.22. The lowest BCUT2D eigenvalue weighted by molar-refractivity contribution is 1.03. The molecule has 1 aromatic heterocycles. The number of anilines is 1. The summed E-state index contributed by atoms with van der Waals surface area (Å²) in [5, 5.41) is 7.11. The summed E-state index contributed by atoms with van der Waals surface area (Å²) in [7, 11) is 0. The third-order valence-corrected chi connectivity index (χ3v) is 0.751. The van der Waals surface area contributed by atoms with E-state index in [1.165, 1.54) is 0 Å². The van der Waals surface area contributed by atoms with Gasteiger partial charge in [-0.3, -0.25) is 5.84 Å². The average molecular weight is 191 g/mol. The fraction of sp³-hybridized carbons (Fsp3) is 0. The van der Waals surface area contributed by atoms with Crippen LogP contribution in [0.5, 0.6) is 0 Å². The van der Waals surface area contributed by atoms with Crippen LogP contribution in [0.4, 0.5) is 5.69 Å². The van der Waals surface area contributed by atoms with Crippen molar-refractivity contribution in [3.8, 4) is 0 Å². The lowest BCUT2D eigenvalue weighted by Crippen LogP contribution is -2.06. The van der Waals surface area contributed by atoms with Crippen LogP contribution in [0.2, 0.25) is 0 Å². The van der Waals surface area contributed by atoms with Gasteiger partial charge in [0.25, 0.3) is 0 Å². The van der Waals surface area contributed by atoms with Crippen molar-refractivity contribution in [2.24, 2.45) is 5.84 Å². The highest BCUT2D eigenvalue weighted by atomic mass is 79.9. The molecule has 0 aliphatic heterocycles. The molecule has 50 valence electrons. The summed E-state index contributed by atoms with van der Waals surface area (Å²) >= 11 is 0. The van der Waals surface area contributed by atoms with Gasteiger partial charge in [-0.15, -0.1) is 17.0 Å². The Balaban J connectivity index is 0.000000640. The van der Waals surface area contributed by atoms with Gasteiger partial charge in [-0.05, 0) is 6.07 Å². The molecule has 3 N–H and O–H groups in total. The third kappa shape index (κ3) is 2.39. The van der Waals surface area contributed by atoms with E-state index in [0.29, 0.717) is 0 Å². The highest BCUT2D eigenvalue weighted by molar-refractivity contribution is 8.93. The summed E-state index contributed by atoms with van der Waals surface area (Å²) in [5.41, 5.74) is 3.19.